The number of carbonyl (C=O) groups excluding carboxylic acids is 1. The van der Waals surface area contributed by atoms with Gasteiger partial charge in [0.15, 0.2) is 6.61 Å². The van der Waals surface area contributed by atoms with E-state index in [0.29, 0.717) is 23.3 Å². The number of ether oxygens (including phenoxy) is 1. The van der Waals surface area contributed by atoms with E-state index in [0.717, 1.165) is 25.9 Å². The van der Waals surface area contributed by atoms with Crippen LogP contribution in [0, 0.1) is 5.92 Å². The normalized spacial score (nSPS) is 16.2. The third-order valence-corrected chi connectivity index (χ3v) is 3.73. The van der Waals surface area contributed by atoms with Gasteiger partial charge in [-0.3, -0.25) is 4.79 Å². The van der Waals surface area contributed by atoms with Crippen molar-refractivity contribution < 1.29 is 14.4 Å². The van der Waals surface area contributed by atoms with Gasteiger partial charge in [0.05, 0.1) is 6.61 Å². The fourth-order valence-electron chi connectivity index (χ4n) is 2.25. The van der Waals surface area contributed by atoms with Gasteiger partial charge in [-0.2, -0.15) is 0 Å². The molecule has 1 aromatic rings. The Kier molecular flexibility index (Phi) is 5.64. The molecule has 0 bridgehead atoms. The molecule has 1 heterocycles. The van der Waals surface area contributed by atoms with Gasteiger partial charge >= 0.3 is 0 Å². The van der Waals surface area contributed by atoms with Crippen molar-refractivity contribution >= 4 is 17.5 Å². The first kappa shape index (κ1) is 15.1. The minimum Gasteiger partial charge on any atom is -0.484 e. The summed E-state index contributed by atoms with van der Waals surface area (Å²) in [5.41, 5.74) is 0. The summed E-state index contributed by atoms with van der Waals surface area (Å²) in [4.78, 5) is 18.5. The van der Waals surface area contributed by atoms with E-state index in [4.69, 9.17) is 22.2 Å². The monoisotopic (exact) mass is 298 g/mol. The van der Waals surface area contributed by atoms with Gasteiger partial charge in [-0.15, -0.1) is 0 Å². The molecule has 1 fully saturated rings. The number of rotatable bonds is 5. The van der Waals surface area contributed by atoms with Gasteiger partial charge in [0.1, 0.15) is 5.75 Å². The van der Waals surface area contributed by atoms with Crippen LogP contribution < -0.4 is 10.6 Å². The maximum atomic E-state index is 12.0. The smallest absolute Gasteiger partial charge is 0.260 e. The Labute approximate surface area is 123 Å². The Hall–Kier alpha value is -1.30. The summed E-state index contributed by atoms with van der Waals surface area (Å²) in [7, 11) is 0. The van der Waals surface area contributed by atoms with Crippen LogP contribution in [0.25, 0.3) is 0 Å². The molecule has 0 spiro atoms. The molecular formula is C14H19ClN2O3. The second-order valence-electron chi connectivity index (χ2n) is 4.90. The Morgan fingerprint density at radius 3 is 2.55 bits per heavy atom. The molecule has 0 unspecified atom stereocenters. The molecule has 2 rings (SSSR count). The van der Waals surface area contributed by atoms with Crippen LogP contribution in [-0.4, -0.2) is 37.1 Å². The predicted octanol–water partition coefficient (Wildman–Crippen LogP) is 1.85. The second-order valence-corrected chi connectivity index (χ2v) is 5.34. The number of amides is 1. The first-order valence-corrected chi connectivity index (χ1v) is 7.04. The molecule has 1 aliphatic rings. The fourth-order valence-corrected chi connectivity index (χ4v) is 2.38. The van der Waals surface area contributed by atoms with E-state index < -0.39 is 0 Å². The van der Waals surface area contributed by atoms with Crippen molar-refractivity contribution in [3.05, 3.63) is 29.3 Å². The van der Waals surface area contributed by atoms with Crippen molar-refractivity contribution in [2.75, 3.05) is 26.3 Å². The molecule has 1 amide bonds. The third kappa shape index (κ3) is 4.37. The van der Waals surface area contributed by atoms with Crippen LogP contribution >= 0.6 is 11.6 Å². The minimum atomic E-state index is 0.00654. The number of nitrogens with zero attached hydrogens (tertiary/aromatic N) is 1. The van der Waals surface area contributed by atoms with E-state index >= 15 is 0 Å². The van der Waals surface area contributed by atoms with Crippen molar-refractivity contribution in [1.29, 1.82) is 0 Å². The number of hydrogen-bond acceptors (Lipinski definition) is 4. The van der Waals surface area contributed by atoms with Gasteiger partial charge in [-0.1, -0.05) is 11.6 Å². The van der Waals surface area contributed by atoms with E-state index in [9.17, 15) is 4.79 Å². The number of hydrogen-bond donors (Lipinski definition) is 1. The summed E-state index contributed by atoms with van der Waals surface area (Å²) in [5, 5.41) is 0.646. The van der Waals surface area contributed by atoms with Gasteiger partial charge in [-0.25, -0.2) is 5.90 Å². The number of piperidine rings is 1. The largest absolute Gasteiger partial charge is 0.484 e. The average molecular weight is 299 g/mol. The van der Waals surface area contributed by atoms with Crippen LogP contribution in [0.1, 0.15) is 12.8 Å². The van der Waals surface area contributed by atoms with Crippen molar-refractivity contribution in [1.82, 2.24) is 4.90 Å². The quantitative estimate of drug-likeness (QED) is 0.843. The summed E-state index contributed by atoms with van der Waals surface area (Å²) in [6.45, 7) is 2.08. The Morgan fingerprint density at radius 2 is 1.95 bits per heavy atom. The van der Waals surface area contributed by atoms with Gasteiger partial charge in [0.25, 0.3) is 5.91 Å². The molecule has 110 valence electrons. The van der Waals surface area contributed by atoms with Crippen LogP contribution in [0.4, 0.5) is 0 Å². The topological polar surface area (TPSA) is 64.8 Å². The molecule has 6 heteroatoms. The van der Waals surface area contributed by atoms with Gasteiger partial charge < -0.3 is 14.5 Å². The standard InChI is InChI=1S/C14H19ClN2O3/c15-12-1-3-13(4-2-12)19-10-14(18)17-7-5-11(6-8-17)9-20-16/h1-4,11H,5-10,16H2. The van der Waals surface area contributed by atoms with E-state index in [1.165, 1.54) is 0 Å². The summed E-state index contributed by atoms with van der Waals surface area (Å²) in [6.07, 6.45) is 1.84. The van der Waals surface area contributed by atoms with Gasteiger partial charge in [-0.05, 0) is 43.0 Å². The zero-order valence-corrected chi connectivity index (χ0v) is 12.0. The summed E-state index contributed by atoms with van der Waals surface area (Å²) < 4.78 is 5.46. The Bertz CT molecular complexity index is 431. The molecule has 5 nitrogen and oxygen atoms in total. The zero-order chi connectivity index (χ0) is 14.4. The number of nitrogens with two attached hydrogens (primary N) is 1. The van der Waals surface area contributed by atoms with Gasteiger partial charge in [0, 0.05) is 18.1 Å². The van der Waals surface area contributed by atoms with Crippen LogP contribution in [0.3, 0.4) is 0 Å². The molecule has 1 aliphatic heterocycles. The molecule has 1 saturated heterocycles. The Balaban J connectivity index is 1.74. The summed E-state index contributed by atoms with van der Waals surface area (Å²) in [6, 6.07) is 6.97. The predicted molar refractivity (Wildman–Crippen MR) is 76.4 cm³/mol. The minimum absolute atomic E-state index is 0.00654. The zero-order valence-electron chi connectivity index (χ0n) is 11.3. The molecule has 0 atom stereocenters. The maximum Gasteiger partial charge on any atom is 0.260 e. The third-order valence-electron chi connectivity index (χ3n) is 3.48. The molecule has 0 saturated carbocycles. The summed E-state index contributed by atoms with van der Waals surface area (Å²) >= 11 is 5.79. The fraction of sp³-hybridized carbons (Fsp3) is 0.500. The molecule has 2 N–H and O–H groups in total. The number of halogens is 1. The highest BCUT2D eigenvalue weighted by Crippen LogP contribution is 2.18. The molecule has 20 heavy (non-hydrogen) atoms. The number of carbonyl (C=O) groups is 1. The molecular weight excluding hydrogens is 280 g/mol. The van der Waals surface area contributed by atoms with E-state index in [-0.39, 0.29) is 12.5 Å². The van der Waals surface area contributed by atoms with Crippen LogP contribution in [-0.2, 0) is 9.63 Å². The van der Waals surface area contributed by atoms with Crippen molar-refractivity contribution in [2.24, 2.45) is 11.8 Å². The van der Waals surface area contributed by atoms with Gasteiger partial charge in [0.2, 0.25) is 0 Å². The molecule has 0 radical (unpaired) electrons. The highest BCUT2D eigenvalue weighted by molar-refractivity contribution is 6.30. The lowest BCUT2D eigenvalue weighted by atomic mass is 9.98. The highest BCUT2D eigenvalue weighted by atomic mass is 35.5. The lowest BCUT2D eigenvalue weighted by Crippen LogP contribution is -2.41. The van der Waals surface area contributed by atoms with Crippen LogP contribution in [0.15, 0.2) is 24.3 Å². The first-order valence-electron chi connectivity index (χ1n) is 6.67. The van der Waals surface area contributed by atoms with Crippen molar-refractivity contribution in [3.63, 3.8) is 0 Å². The molecule has 1 aromatic carbocycles. The first-order chi connectivity index (χ1) is 9.69. The lowest BCUT2D eigenvalue weighted by Gasteiger charge is -2.31. The van der Waals surface area contributed by atoms with E-state index in [1.807, 2.05) is 4.90 Å². The Morgan fingerprint density at radius 1 is 1.30 bits per heavy atom. The van der Waals surface area contributed by atoms with E-state index in [2.05, 4.69) is 4.84 Å². The second kappa shape index (κ2) is 7.47. The number of benzene rings is 1. The highest BCUT2D eigenvalue weighted by Gasteiger charge is 2.22. The average Bonchev–Trinajstić information content (AvgIpc) is 2.47. The lowest BCUT2D eigenvalue weighted by molar-refractivity contribution is -0.135. The van der Waals surface area contributed by atoms with Crippen molar-refractivity contribution in [3.8, 4) is 5.75 Å². The number of likely N-dealkylation sites (tertiary alicyclic amines) is 1. The molecule has 0 aromatic heterocycles. The molecule has 0 aliphatic carbocycles. The SMILES string of the molecule is NOCC1CCN(C(=O)COc2ccc(Cl)cc2)CC1. The van der Waals surface area contributed by atoms with Crippen molar-refractivity contribution in [2.45, 2.75) is 12.8 Å². The maximum absolute atomic E-state index is 12.0. The van der Waals surface area contributed by atoms with E-state index in [1.54, 1.807) is 24.3 Å². The van der Waals surface area contributed by atoms with Crippen LogP contribution in [0.5, 0.6) is 5.75 Å². The van der Waals surface area contributed by atoms with Crippen LogP contribution in [0.2, 0.25) is 5.02 Å². The summed E-state index contributed by atoms with van der Waals surface area (Å²) in [5.74, 6) is 6.17.